The highest BCUT2D eigenvalue weighted by atomic mass is 16.5. The molecule has 1 N–H and O–H groups in total. The number of carbonyl (C=O) groups excluding carboxylic acids is 1. The van der Waals surface area contributed by atoms with Crippen molar-refractivity contribution in [3.8, 4) is 0 Å². The summed E-state index contributed by atoms with van der Waals surface area (Å²) in [5, 5.41) is 6.29. The first kappa shape index (κ1) is 16.2. The van der Waals surface area contributed by atoms with E-state index in [1.54, 1.807) is 6.08 Å². The Labute approximate surface area is 149 Å². The smallest absolute Gasteiger partial charge is 0.332 e. The number of benzene rings is 2. The van der Waals surface area contributed by atoms with Gasteiger partial charge in [0.2, 0.25) is 0 Å². The Hall–Kier alpha value is -2.29. The number of carbonyl (C=O) groups is 1. The van der Waals surface area contributed by atoms with E-state index in [1.807, 2.05) is 6.92 Å². The van der Waals surface area contributed by atoms with E-state index in [0.717, 1.165) is 17.7 Å². The summed E-state index contributed by atoms with van der Waals surface area (Å²) in [6, 6.07) is 12.9. The van der Waals surface area contributed by atoms with Gasteiger partial charge in [0, 0.05) is 28.8 Å². The van der Waals surface area contributed by atoms with E-state index >= 15 is 0 Å². The minimum atomic E-state index is -0.276. The molecular weight excluding hydrogens is 310 g/mol. The first-order valence-electron chi connectivity index (χ1n) is 9.31. The van der Waals surface area contributed by atoms with E-state index < -0.39 is 0 Å². The van der Waals surface area contributed by atoms with Crippen LogP contribution in [0.15, 0.2) is 42.5 Å². The fourth-order valence-corrected chi connectivity index (χ4v) is 4.64. The maximum absolute atomic E-state index is 12.1. The van der Waals surface area contributed by atoms with E-state index in [4.69, 9.17) is 4.74 Å². The SMILES string of the molecule is CCOC(=O)/C=C1\N[C@@]2(C)CCCC[C@H]2c2c1ccc1ccccc21. The van der Waals surface area contributed by atoms with Gasteiger partial charge in [0.15, 0.2) is 0 Å². The van der Waals surface area contributed by atoms with Crippen molar-refractivity contribution in [3.05, 3.63) is 53.6 Å². The molecule has 0 radical (unpaired) electrons. The normalized spacial score (nSPS) is 26.6. The third-order valence-electron chi connectivity index (χ3n) is 5.79. The Morgan fingerprint density at radius 3 is 2.96 bits per heavy atom. The molecule has 1 aliphatic carbocycles. The summed E-state index contributed by atoms with van der Waals surface area (Å²) in [4.78, 5) is 12.1. The molecule has 0 spiro atoms. The summed E-state index contributed by atoms with van der Waals surface area (Å²) in [5.74, 6) is 0.198. The second kappa shape index (κ2) is 6.21. The number of hydrogen-bond acceptors (Lipinski definition) is 3. The zero-order valence-corrected chi connectivity index (χ0v) is 15.0. The minimum Gasteiger partial charge on any atom is -0.463 e. The van der Waals surface area contributed by atoms with Crippen molar-refractivity contribution in [1.82, 2.24) is 5.32 Å². The van der Waals surface area contributed by atoms with Gasteiger partial charge in [-0.05, 0) is 43.0 Å². The van der Waals surface area contributed by atoms with Crippen LogP contribution in [0, 0.1) is 0 Å². The van der Waals surface area contributed by atoms with Crippen LogP contribution in [0.3, 0.4) is 0 Å². The fraction of sp³-hybridized carbons (Fsp3) is 0.409. The summed E-state index contributed by atoms with van der Waals surface area (Å²) >= 11 is 0. The van der Waals surface area contributed by atoms with Gasteiger partial charge in [-0.1, -0.05) is 49.2 Å². The predicted octanol–water partition coefficient (Wildman–Crippen LogP) is 4.76. The molecule has 1 heterocycles. The molecule has 1 aliphatic heterocycles. The zero-order valence-electron chi connectivity index (χ0n) is 15.0. The highest BCUT2D eigenvalue weighted by Crippen LogP contribution is 2.49. The van der Waals surface area contributed by atoms with Crippen LogP contribution in [0.2, 0.25) is 0 Å². The molecule has 3 nitrogen and oxygen atoms in total. The number of hydrogen-bond donors (Lipinski definition) is 1. The van der Waals surface area contributed by atoms with Gasteiger partial charge in [-0.2, -0.15) is 0 Å². The molecule has 4 rings (SSSR count). The largest absolute Gasteiger partial charge is 0.463 e. The third kappa shape index (κ3) is 2.72. The van der Waals surface area contributed by atoms with Gasteiger partial charge in [-0.15, -0.1) is 0 Å². The highest BCUT2D eigenvalue weighted by molar-refractivity contribution is 5.97. The van der Waals surface area contributed by atoms with Gasteiger partial charge in [0.05, 0.1) is 6.61 Å². The average molecular weight is 335 g/mol. The number of esters is 1. The summed E-state index contributed by atoms with van der Waals surface area (Å²) in [5.41, 5.74) is 3.44. The van der Waals surface area contributed by atoms with E-state index in [0.29, 0.717) is 12.5 Å². The van der Waals surface area contributed by atoms with E-state index in [9.17, 15) is 4.79 Å². The Bertz CT molecular complexity index is 854. The molecule has 0 amide bonds. The average Bonchev–Trinajstić information content (AvgIpc) is 2.61. The van der Waals surface area contributed by atoms with Crippen molar-refractivity contribution in [2.45, 2.75) is 51.0 Å². The standard InChI is InChI=1S/C22H25NO2/c1-3-25-20(24)14-19-17-12-11-15-8-4-5-9-16(15)21(17)18-10-6-7-13-22(18,2)23-19/h4-5,8-9,11-12,14,18,23H,3,6-7,10,13H2,1-2H3/b19-14-/t18-,22-/m0/s1. The summed E-state index contributed by atoms with van der Waals surface area (Å²) < 4.78 is 5.16. The van der Waals surface area contributed by atoms with Gasteiger partial charge >= 0.3 is 5.97 Å². The fourth-order valence-electron chi connectivity index (χ4n) is 4.64. The van der Waals surface area contributed by atoms with Crippen LogP contribution in [0.4, 0.5) is 0 Å². The van der Waals surface area contributed by atoms with Crippen molar-refractivity contribution in [2.75, 3.05) is 6.61 Å². The molecule has 2 aromatic carbocycles. The predicted molar refractivity (Wildman–Crippen MR) is 101 cm³/mol. The van der Waals surface area contributed by atoms with Crippen molar-refractivity contribution < 1.29 is 9.53 Å². The molecule has 0 saturated heterocycles. The molecule has 2 atom stereocenters. The van der Waals surface area contributed by atoms with E-state index in [-0.39, 0.29) is 11.5 Å². The number of nitrogens with one attached hydrogen (secondary N) is 1. The molecule has 0 aromatic heterocycles. The van der Waals surface area contributed by atoms with Crippen LogP contribution >= 0.6 is 0 Å². The van der Waals surface area contributed by atoms with E-state index in [1.165, 1.54) is 35.6 Å². The maximum Gasteiger partial charge on any atom is 0.332 e. The molecule has 25 heavy (non-hydrogen) atoms. The van der Waals surface area contributed by atoms with Gasteiger partial charge in [0.25, 0.3) is 0 Å². The van der Waals surface area contributed by atoms with E-state index in [2.05, 4.69) is 48.6 Å². The molecule has 1 saturated carbocycles. The van der Waals surface area contributed by atoms with Gasteiger partial charge < -0.3 is 10.1 Å². The number of ether oxygens (including phenoxy) is 1. The lowest BCUT2D eigenvalue weighted by molar-refractivity contribution is -0.137. The molecule has 2 aliphatic rings. The van der Waals surface area contributed by atoms with Crippen LogP contribution in [-0.4, -0.2) is 18.1 Å². The van der Waals surface area contributed by atoms with Gasteiger partial charge in [0.1, 0.15) is 0 Å². The molecule has 0 bridgehead atoms. The minimum absolute atomic E-state index is 0.00625. The summed E-state index contributed by atoms with van der Waals surface area (Å²) in [6.45, 7) is 4.54. The first-order valence-corrected chi connectivity index (χ1v) is 9.31. The van der Waals surface area contributed by atoms with Crippen LogP contribution in [0.1, 0.15) is 56.6 Å². The first-order chi connectivity index (χ1) is 12.1. The monoisotopic (exact) mass is 335 g/mol. The van der Waals surface area contributed by atoms with Crippen LogP contribution in [0.25, 0.3) is 16.5 Å². The van der Waals surface area contributed by atoms with Crippen molar-refractivity contribution in [2.24, 2.45) is 0 Å². The maximum atomic E-state index is 12.1. The second-order valence-corrected chi connectivity index (χ2v) is 7.40. The van der Waals surface area contributed by atoms with Gasteiger partial charge in [-0.3, -0.25) is 0 Å². The summed E-state index contributed by atoms with van der Waals surface area (Å²) in [6.07, 6.45) is 6.44. The number of rotatable bonds is 2. The quantitative estimate of drug-likeness (QED) is 0.635. The topological polar surface area (TPSA) is 38.3 Å². The van der Waals surface area contributed by atoms with Crippen LogP contribution < -0.4 is 5.32 Å². The third-order valence-corrected chi connectivity index (χ3v) is 5.79. The Morgan fingerprint density at radius 1 is 1.28 bits per heavy atom. The molecule has 130 valence electrons. The molecular formula is C22H25NO2. The number of fused-ring (bicyclic) bond motifs is 5. The van der Waals surface area contributed by atoms with Crippen LogP contribution in [-0.2, 0) is 9.53 Å². The molecule has 3 heteroatoms. The molecule has 0 unspecified atom stereocenters. The molecule has 1 fully saturated rings. The highest BCUT2D eigenvalue weighted by Gasteiger charge is 2.43. The Balaban J connectivity index is 1.94. The summed E-state index contributed by atoms with van der Waals surface area (Å²) in [7, 11) is 0. The lowest BCUT2D eigenvalue weighted by Crippen LogP contribution is -2.51. The molecule has 2 aromatic rings. The van der Waals surface area contributed by atoms with Crippen molar-refractivity contribution in [1.29, 1.82) is 0 Å². The lowest BCUT2D eigenvalue weighted by Gasteiger charge is -2.48. The van der Waals surface area contributed by atoms with Crippen LogP contribution in [0.5, 0.6) is 0 Å². The Kier molecular flexibility index (Phi) is 4.03. The van der Waals surface area contributed by atoms with Gasteiger partial charge in [-0.25, -0.2) is 4.79 Å². The van der Waals surface area contributed by atoms with Crippen molar-refractivity contribution in [3.63, 3.8) is 0 Å². The second-order valence-electron chi connectivity index (χ2n) is 7.40. The Morgan fingerprint density at radius 2 is 2.12 bits per heavy atom. The zero-order chi connectivity index (χ0) is 17.4. The lowest BCUT2D eigenvalue weighted by atomic mass is 9.66. The van der Waals surface area contributed by atoms with Crippen molar-refractivity contribution >= 4 is 22.4 Å².